The number of nitrogens with two attached hydrogens (primary N) is 2. The van der Waals surface area contributed by atoms with Gasteiger partial charge in [-0.3, -0.25) is 19.5 Å². The fourth-order valence-electron chi connectivity index (χ4n) is 5.51. The SMILES string of the molecule is Cc1ncccc1-c1ccc(C[C@@H](C(N)=O)N(C(=O)C2CCC(CN)CC2)c2ccc(-c3nn[nH]n3)cc2)cc1.Cl. The van der Waals surface area contributed by atoms with Crippen molar-refractivity contribution in [2.75, 3.05) is 11.4 Å². The maximum Gasteiger partial charge on any atom is 0.240 e. The van der Waals surface area contributed by atoms with Crippen LogP contribution in [0.15, 0.2) is 66.9 Å². The van der Waals surface area contributed by atoms with Crippen LogP contribution in [0.3, 0.4) is 0 Å². The highest BCUT2D eigenvalue weighted by molar-refractivity contribution is 6.01. The number of hydrogen-bond donors (Lipinski definition) is 3. The van der Waals surface area contributed by atoms with Crippen LogP contribution < -0.4 is 16.4 Å². The highest BCUT2D eigenvalue weighted by Gasteiger charge is 2.36. The van der Waals surface area contributed by atoms with Crippen LogP contribution in [0.2, 0.25) is 0 Å². The summed E-state index contributed by atoms with van der Waals surface area (Å²) in [5, 5.41) is 14.1. The molecule has 0 spiro atoms. The summed E-state index contributed by atoms with van der Waals surface area (Å²) < 4.78 is 0. The van der Waals surface area contributed by atoms with Crippen molar-refractivity contribution in [3.8, 4) is 22.5 Å². The van der Waals surface area contributed by atoms with Gasteiger partial charge in [0.2, 0.25) is 17.6 Å². The minimum Gasteiger partial charge on any atom is -0.368 e. The fourth-order valence-corrected chi connectivity index (χ4v) is 5.51. The maximum atomic E-state index is 14.1. The molecule has 0 radical (unpaired) electrons. The monoisotopic (exact) mass is 574 g/mol. The number of hydrogen-bond acceptors (Lipinski definition) is 7. The Kier molecular flexibility index (Phi) is 9.80. The van der Waals surface area contributed by atoms with Gasteiger partial charge in [0.05, 0.1) is 0 Å². The van der Waals surface area contributed by atoms with Crippen LogP contribution in [0, 0.1) is 18.8 Å². The van der Waals surface area contributed by atoms with Crippen molar-refractivity contribution in [2.45, 2.75) is 45.1 Å². The Balaban J connectivity index is 0.00000387. The van der Waals surface area contributed by atoms with Gasteiger partial charge in [-0.05, 0) is 91.7 Å². The highest BCUT2D eigenvalue weighted by atomic mass is 35.5. The quantitative estimate of drug-likeness (QED) is 0.274. The zero-order chi connectivity index (χ0) is 28.1. The lowest BCUT2D eigenvalue weighted by molar-refractivity contribution is -0.127. The summed E-state index contributed by atoms with van der Waals surface area (Å²) >= 11 is 0. The fraction of sp³-hybridized carbons (Fsp3) is 0.333. The first-order valence-electron chi connectivity index (χ1n) is 13.6. The molecule has 0 saturated heterocycles. The average Bonchev–Trinajstić information content (AvgIpc) is 3.53. The first kappa shape index (κ1) is 29.8. The highest BCUT2D eigenvalue weighted by Crippen LogP contribution is 2.33. The number of carbonyl (C=O) groups excluding carboxylic acids is 2. The van der Waals surface area contributed by atoms with Crippen molar-refractivity contribution in [3.05, 3.63) is 78.1 Å². The molecular formula is C30H35ClN8O2. The molecule has 0 unspecified atom stereocenters. The zero-order valence-electron chi connectivity index (χ0n) is 22.9. The van der Waals surface area contributed by atoms with Crippen LogP contribution in [0.5, 0.6) is 0 Å². The van der Waals surface area contributed by atoms with E-state index in [1.165, 1.54) is 0 Å². The molecule has 4 aromatic rings. The molecule has 1 aliphatic rings. The number of carbonyl (C=O) groups is 2. The van der Waals surface area contributed by atoms with Crippen LogP contribution in [0.1, 0.15) is 36.9 Å². The summed E-state index contributed by atoms with van der Waals surface area (Å²) in [5.74, 6) is 0.0330. The zero-order valence-corrected chi connectivity index (χ0v) is 23.8. The summed E-state index contributed by atoms with van der Waals surface area (Å²) in [6.07, 6.45) is 5.33. The largest absolute Gasteiger partial charge is 0.368 e. The van der Waals surface area contributed by atoms with Crippen molar-refractivity contribution in [3.63, 3.8) is 0 Å². The minimum absolute atomic E-state index is 0. The van der Waals surface area contributed by atoms with E-state index in [1.807, 2.05) is 55.5 Å². The molecular weight excluding hydrogens is 540 g/mol. The van der Waals surface area contributed by atoms with Crippen molar-refractivity contribution >= 4 is 29.9 Å². The molecule has 11 heteroatoms. The van der Waals surface area contributed by atoms with E-state index in [-0.39, 0.29) is 30.7 Å². The van der Waals surface area contributed by atoms with Gasteiger partial charge in [-0.25, -0.2) is 0 Å². The van der Waals surface area contributed by atoms with Gasteiger partial charge in [0, 0.05) is 41.0 Å². The Morgan fingerprint density at radius 1 is 1.00 bits per heavy atom. The molecule has 1 saturated carbocycles. The van der Waals surface area contributed by atoms with Crippen molar-refractivity contribution < 1.29 is 9.59 Å². The Bertz CT molecular complexity index is 1440. The summed E-state index contributed by atoms with van der Waals surface area (Å²) in [6.45, 7) is 2.60. The van der Waals surface area contributed by atoms with Gasteiger partial charge in [0.1, 0.15) is 6.04 Å². The van der Waals surface area contributed by atoms with Gasteiger partial charge in [-0.2, -0.15) is 5.21 Å². The number of pyridine rings is 1. The Morgan fingerprint density at radius 3 is 2.27 bits per heavy atom. The number of rotatable bonds is 9. The van der Waals surface area contributed by atoms with Gasteiger partial charge in [0.25, 0.3) is 0 Å². The lowest BCUT2D eigenvalue weighted by atomic mass is 9.81. The number of anilines is 1. The number of primary amides is 1. The third-order valence-corrected chi connectivity index (χ3v) is 7.86. The maximum absolute atomic E-state index is 14.1. The van der Waals surface area contributed by atoms with Gasteiger partial charge < -0.3 is 11.5 Å². The lowest BCUT2D eigenvalue weighted by Gasteiger charge is -2.35. The molecule has 0 bridgehead atoms. The molecule has 5 rings (SSSR count). The molecule has 0 aliphatic heterocycles. The molecule has 41 heavy (non-hydrogen) atoms. The van der Waals surface area contributed by atoms with Crippen molar-refractivity contribution in [1.82, 2.24) is 25.6 Å². The molecule has 2 amide bonds. The van der Waals surface area contributed by atoms with Crippen LogP contribution >= 0.6 is 12.4 Å². The number of nitrogens with one attached hydrogen (secondary N) is 1. The Labute approximate surface area is 245 Å². The number of nitrogens with zero attached hydrogens (tertiary/aromatic N) is 5. The van der Waals surface area contributed by atoms with Crippen LogP contribution in [0.4, 0.5) is 5.69 Å². The third-order valence-electron chi connectivity index (χ3n) is 7.86. The van der Waals surface area contributed by atoms with E-state index >= 15 is 0 Å². The number of benzene rings is 2. The Morgan fingerprint density at radius 2 is 1.68 bits per heavy atom. The van der Waals surface area contributed by atoms with Gasteiger partial charge >= 0.3 is 0 Å². The number of tetrazole rings is 1. The number of H-pyrrole nitrogens is 1. The van der Waals surface area contributed by atoms with E-state index in [9.17, 15) is 9.59 Å². The predicted molar refractivity (Wildman–Crippen MR) is 160 cm³/mol. The number of aromatic nitrogens is 5. The molecule has 10 nitrogen and oxygen atoms in total. The van der Waals surface area contributed by atoms with Crippen LogP contribution in [0.25, 0.3) is 22.5 Å². The first-order valence-corrected chi connectivity index (χ1v) is 13.6. The minimum atomic E-state index is -0.860. The summed E-state index contributed by atoms with van der Waals surface area (Å²) in [7, 11) is 0. The van der Waals surface area contributed by atoms with E-state index < -0.39 is 11.9 Å². The number of amides is 2. The Hall–Kier alpha value is -4.15. The third kappa shape index (κ3) is 6.78. The van der Waals surface area contributed by atoms with Gasteiger partial charge in [-0.1, -0.05) is 30.3 Å². The van der Waals surface area contributed by atoms with Gasteiger partial charge in [-0.15, -0.1) is 22.6 Å². The standard InChI is InChI=1S/C30H34N8O2.ClH/c1-19-26(3-2-16-33-19)22-8-4-20(5-9-22)17-27(28(32)39)38(30(40)24-10-6-21(18-31)7-11-24)25-14-12-23(13-15-25)29-34-36-37-35-29;/h2-5,8-9,12-16,21,24,27H,6-7,10-11,17-18,31H2,1H3,(H2,32,39)(H,34,35,36,37);1H/t21?,24?,27-;/m0./s1. The summed E-state index contributed by atoms with van der Waals surface area (Å²) in [4.78, 5) is 33.0. The number of aromatic amines is 1. The van der Waals surface area contributed by atoms with E-state index in [0.29, 0.717) is 24.0 Å². The van der Waals surface area contributed by atoms with E-state index in [4.69, 9.17) is 11.5 Å². The normalized spacial score (nSPS) is 17.3. The number of halogens is 1. The predicted octanol–water partition coefficient (Wildman–Crippen LogP) is 3.85. The van der Waals surface area contributed by atoms with Crippen LogP contribution in [-0.4, -0.2) is 50.0 Å². The summed E-state index contributed by atoms with van der Waals surface area (Å²) in [6, 6.07) is 18.3. The van der Waals surface area contributed by atoms with Crippen molar-refractivity contribution in [1.29, 1.82) is 0 Å². The second-order valence-electron chi connectivity index (χ2n) is 10.4. The summed E-state index contributed by atoms with van der Waals surface area (Å²) in [5.41, 5.74) is 17.1. The topological polar surface area (TPSA) is 157 Å². The van der Waals surface area contributed by atoms with Crippen LogP contribution in [-0.2, 0) is 16.0 Å². The lowest BCUT2D eigenvalue weighted by Crippen LogP contribution is -2.52. The first-order chi connectivity index (χ1) is 19.4. The number of aryl methyl sites for hydroxylation is 1. The molecule has 2 aromatic carbocycles. The molecule has 214 valence electrons. The van der Waals surface area contributed by atoms with E-state index in [2.05, 4.69) is 25.6 Å². The molecule has 1 atom stereocenters. The molecule has 1 aliphatic carbocycles. The second-order valence-corrected chi connectivity index (χ2v) is 10.4. The van der Waals surface area contributed by atoms with E-state index in [0.717, 1.165) is 53.6 Å². The second kappa shape index (κ2) is 13.5. The smallest absolute Gasteiger partial charge is 0.240 e. The van der Waals surface area contributed by atoms with Gasteiger partial charge in [0.15, 0.2) is 0 Å². The molecule has 1 fully saturated rings. The van der Waals surface area contributed by atoms with E-state index in [1.54, 1.807) is 23.2 Å². The van der Waals surface area contributed by atoms with Crippen molar-refractivity contribution in [2.24, 2.45) is 23.3 Å². The molecule has 2 aromatic heterocycles. The molecule has 5 N–H and O–H groups in total. The average molecular weight is 575 g/mol. The molecule has 2 heterocycles.